The molecule has 0 bridgehead atoms. The highest BCUT2D eigenvalue weighted by molar-refractivity contribution is 7.92. The van der Waals surface area contributed by atoms with Gasteiger partial charge in [-0.25, -0.2) is 8.42 Å². The Balaban J connectivity index is 2.29. The van der Waals surface area contributed by atoms with Crippen molar-refractivity contribution in [2.45, 2.75) is 13.8 Å². The quantitative estimate of drug-likeness (QED) is 0.812. The van der Waals surface area contributed by atoms with Gasteiger partial charge in [0.2, 0.25) is 15.9 Å². The monoisotopic (exact) mass is 396 g/mol. The lowest BCUT2D eigenvalue weighted by molar-refractivity contribution is -0.114. The first-order valence-corrected chi connectivity index (χ1v) is 10.0. The summed E-state index contributed by atoms with van der Waals surface area (Å²) in [6, 6.07) is 10.2. The number of rotatable bonds is 6. The van der Waals surface area contributed by atoms with Crippen LogP contribution in [-0.2, 0) is 14.8 Å². The summed E-state index contributed by atoms with van der Waals surface area (Å²) < 4.78 is 30.5. The molecule has 0 fully saturated rings. The number of hydrogen-bond acceptors (Lipinski definition) is 4. The third kappa shape index (κ3) is 4.68. The molecule has 0 saturated heterocycles. The lowest BCUT2D eigenvalue weighted by Crippen LogP contribution is -2.37. The second-order valence-electron chi connectivity index (χ2n) is 5.90. The number of nitrogens with one attached hydrogen (secondary N) is 1. The van der Waals surface area contributed by atoms with Crippen LogP contribution in [0.25, 0.3) is 0 Å². The fraction of sp³-hybridized carbons (Fsp3) is 0.278. The van der Waals surface area contributed by atoms with E-state index < -0.39 is 15.9 Å². The molecule has 1 amide bonds. The highest BCUT2D eigenvalue weighted by atomic mass is 35.5. The minimum atomic E-state index is -3.69. The summed E-state index contributed by atoms with van der Waals surface area (Å²) in [6.45, 7) is 3.38. The molecule has 140 valence electrons. The maximum atomic E-state index is 12.5. The average molecular weight is 397 g/mol. The Morgan fingerprint density at radius 2 is 1.81 bits per heavy atom. The standard InChI is InChI=1S/C18H21ClN2O4S/c1-12-6-5-7-13(2)18(12)20-17(22)11-21(26(4,23)24)14-8-9-16(25-3)15(19)10-14/h5-10H,11H2,1-4H3,(H,20,22). The molecule has 0 heterocycles. The van der Waals surface area contributed by atoms with E-state index >= 15 is 0 Å². The molecule has 6 nitrogen and oxygen atoms in total. The van der Waals surface area contributed by atoms with Crippen molar-refractivity contribution in [3.05, 3.63) is 52.5 Å². The maximum absolute atomic E-state index is 12.5. The number of amides is 1. The number of sulfonamides is 1. The summed E-state index contributed by atoms with van der Waals surface area (Å²) in [7, 11) is -2.22. The van der Waals surface area contributed by atoms with Gasteiger partial charge in [-0.2, -0.15) is 0 Å². The lowest BCUT2D eigenvalue weighted by atomic mass is 10.1. The number of anilines is 2. The molecule has 2 aromatic carbocycles. The molecule has 2 aromatic rings. The van der Waals surface area contributed by atoms with Gasteiger partial charge in [-0.3, -0.25) is 9.10 Å². The van der Waals surface area contributed by atoms with Crippen molar-refractivity contribution in [2.75, 3.05) is 29.5 Å². The van der Waals surface area contributed by atoms with Gasteiger partial charge in [-0.05, 0) is 43.2 Å². The third-order valence-electron chi connectivity index (χ3n) is 3.86. The van der Waals surface area contributed by atoms with E-state index in [0.29, 0.717) is 11.4 Å². The minimum Gasteiger partial charge on any atom is -0.495 e. The number of carbonyl (C=O) groups excluding carboxylic acids is 1. The topological polar surface area (TPSA) is 75.7 Å². The molecule has 26 heavy (non-hydrogen) atoms. The Morgan fingerprint density at radius 3 is 2.31 bits per heavy atom. The minimum absolute atomic E-state index is 0.258. The second kappa shape index (κ2) is 7.97. The number of ether oxygens (including phenoxy) is 1. The maximum Gasteiger partial charge on any atom is 0.245 e. The van der Waals surface area contributed by atoms with Crippen molar-refractivity contribution in [3.8, 4) is 5.75 Å². The molecule has 0 radical (unpaired) electrons. The number of methoxy groups -OCH3 is 1. The number of halogens is 1. The smallest absolute Gasteiger partial charge is 0.245 e. The van der Waals surface area contributed by atoms with E-state index in [1.54, 1.807) is 6.07 Å². The molecule has 0 aromatic heterocycles. The predicted octanol–water partition coefficient (Wildman–Crippen LogP) is 3.37. The van der Waals surface area contributed by atoms with Crippen LogP contribution in [0.2, 0.25) is 5.02 Å². The fourth-order valence-corrected chi connectivity index (χ4v) is 3.63. The van der Waals surface area contributed by atoms with Crippen LogP contribution in [0.3, 0.4) is 0 Å². The Morgan fingerprint density at radius 1 is 1.19 bits per heavy atom. The van der Waals surface area contributed by atoms with Crippen LogP contribution >= 0.6 is 11.6 Å². The second-order valence-corrected chi connectivity index (χ2v) is 8.22. The molecular formula is C18H21ClN2O4S. The first-order chi connectivity index (χ1) is 12.1. The van der Waals surface area contributed by atoms with Crippen LogP contribution in [0.15, 0.2) is 36.4 Å². The molecule has 1 N–H and O–H groups in total. The van der Waals surface area contributed by atoms with Gasteiger partial charge in [-0.15, -0.1) is 0 Å². The molecule has 0 aliphatic heterocycles. The van der Waals surface area contributed by atoms with Crippen LogP contribution in [0, 0.1) is 13.8 Å². The van der Waals surface area contributed by atoms with Crippen LogP contribution in [0.5, 0.6) is 5.75 Å². The zero-order valence-electron chi connectivity index (χ0n) is 15.0. The lowest BCUT2D eigenvalue weighted by Gasteiger charge is -2.23. The van der Waals surface area contributed by atoms with Gasteiger partial charge in [-0.1, -0.05) is 29.8 Å². The number of para-hydroxylation sites is 1. The zero-order chi connectivity index (χ0) is 19.5. The SMILES string of the molecule is COc1ccc(N(CC(=O)Nc2c(C)cccc2C)S(C)(=O)=O)cc1Cl. The predicted molar refractivity (Wildman–Crippen MR) is 105 cm³/mol. The average Bonchev–Trinajstić information content (AvgIpc) is 2.55. The molecule has 0 saturated carbocycles. The van der Waals surface area contributed by atoms with Crippen LogP contribution in [-0.4, -0.2) is 34.2 Å². The van der Waals surface area contributed by atoms with Gasteiger partial charge >= 0.3 is 0 Å². The van der Waals surface area contributed by atoms with Crippen molar-refractivity contribution in [1.82, 2.24) is 0 Å². The molecule has 0 atom stereocenters. The van der Waals surface area contributed by atoms with Crippen molar-refractivity contribution >= 4 is 38.9 Å². The molecule has 0 unspecified atom stereocenters. The van der Waals surface area contributed by atoms with Gasteiger partial charge in [0.05, 0.1) is 24.1 Å². The van der Waals surface area contributed by atoms with Gasteiger partial charge in [0.25, 0.3) is 0 Å². The highest BCUT2D eigenvalue weighted by Crippen LogP contribution is 2.30. The molecule has 0 spiro atoms. The van der Waals surface area contributed by atoms with E-state index in [1.807, 2.05) is 32.0 Å². The summed E-state index contributed by atoms with van der Waals surface area (Å²) in [4.78, 5) is 12.5. The summed E-state index contributed by atoms with van der Waals surface area (Å²) >= 11 is 6.08. The molecule has 2 rings (SSSR count). The Labute approximate surface area is 158 Å². The summed E-state index contributed by atoms with van der Waals surface area (Å²) in [5.41, 5.74) is 2.77. The van der Waals surface area contributed by atoms with Gasteiger partial charge in [0, 0.05) is 5.69 Å². The van der Waals surface area contributed by atoms with E-state index in [2.05, 4.69) is 5.32 Å². The first-order valence-electron chi connectivity index (χ1n) is 7.81. The fourth-order valence-electron chi connectivity index (χ4n) is 2.53. The van der Waals surface area contributed by atoms with E-state index in [0.717, 1.165) is 21.7 Å². The first kappa shape index (κ1) is 20.1. The van der Waals surface area contributed by atoms with Crippen LogP contribution < -0.4 is 14.4 Å². The number of hydrogen-bond donors (Lipinski definition) is 1. The van der Waals surface area contributed by atoms with Gasteiger partial charge in [0.1, 0.15) is 12.3 Å². The summed E-state index contributed by atoms with van der Waals surface area (Å²) in [6.07, 6.45) is 1.04. The Hall–Kier alpha value is -2.25. The third-order valence-corrected chi connectivity index (χ3v) is 5.29. The Kier molecular flexibility index (Phi) is 6.15. The van der Waals surface area contributed by atoms with Crippen molar-refractivity contribution in [2.24, 2.45) is 0 Å². The summed E-state index contributed by atoms with van der Waals surface area (Å²) in [5.74, 6) is -0.0244. The van der Waals surface area contributed by atoms with E-state index in [9.17, 15) is 13.2 Å². The zero-order valence-corrected chi connectivity index (χ0v) is 16.6. The number of benzene rings is 2. The molecule has 0 aliphatic rings. The molecular weight excluding hydrogens is 376 g/mol. The number of nitrogens with zero attached hydrogens (tertiary/aromatic N) is 1. The highest BCUT2D eigenvalue weighted by Gasteiger charge is 2.22. The largest absolute Gasteiger partial charge is 0.495 e. The number of aryl methyl sites for hydroxylation is 2. The van der Waals surface area contributed by atoms with Gasteiger partial charge in [0.15, 0.2) is 0 Å². The summed E-state index contributed by atoms with van der Waals surface area (Å²) in [5, 5.41) is 3.04. The number of carbonyl (C=O) groups is 1. The normalized spacial score (nSPS) is 11.1. The van der Waals surface area contributed by atoms with Crippen molar-refractivity contribution in [3.63, 3.8) is 0 Å². The van der Waals surface area contributed by atoms with Crippen LogP contribution in [0.1, 0.15) is 11.1 Å². The van der Waals surface area contributed by atoms with E-state index in [4.69, 9.17) is 16.3 Å². The Bertz CT molecular complexity index is 909. The van der Waals surface area contributed by atoms with E-state index in [-0.39, 0.29) is 17.3 Å². The van der Waals surface area contributed by atoms with Crippen LogP contribution in [0.4, 0.5) is 11.4 Å². The molecule has 0 aliphatic carbocycles. The van der Waals surface area contributed by atoms with Crippen molar-refractivity contribution < 1.29 is 17.9 Å². The van der Waals surface area contributed by atoms with E-state index in [1.165, 1.54) is 19.2 Å². The van der Waals surface area contributed by atoms with Gasteiger partial charge < -0.3 is 10.1 Å². The molecule has 8 heteroatoms. The van der Waals surface area contributed by atoms with Crippen molar-refractivity contribution in [1.29, 1.82) is 0 Å².